The number of carbonyl (C=O) groups is 1. The number of hydrogen-bond donors (Lipinski definition) is 2. The third kappa shape index (κ3) is 4.50. The predicted molar refractivity (Wildman–Crippen MR) is 107 cm³/mol. The lowest BCUT2D eigenvalue weighted by Crippen LogP contribution is -2.12. The fraction of sp³-hybridized carbons (Fsp3) is 0.143. The second-order valence-electron chi connectivity index (χ2n) is 5.92. The standard InChI is InChI=1S/C21H21N3O4/c1-26-19-8-5-15(11-20(19)27-2)21(25)24-16-6-3-14(4-7-16)13-28-18-9-10-23-12-17(18)22/h3-12H,13,22H2,1-2H3,(H,24,25). The molecule has 7 heteroatoms. The highest BCUT2D eigenvalue weighted by molar-refractivity contribution is 6.04. The van der Waals surface area contributed by atoms with E-state index in [2.05, 4.69) is 10.3 Å². The van der Waals surface area contributed by atoms with Gasteiger partial charge in [0.1, 0.15) is 12.4 Å². The van der Waals surface area contributed by atoms with Gasteiger partial charge in [-0.3, -0.25) is 9.78 Å². The number of ether oxygens (including phenoxy) is 3. The molecular formula is C21H21N3O4. The van der Waals surface area contributed by atoms with Crippen molar-refractivity contribution in [2.75, 3.05) is 25.3 Å². The van der Waals surface area contributed by atoms with Crippen LogP contribution >= 0.6 is 0 Å². The minimum Gasteiger partial charge on any atom is -0.493 e. The summed E-state index contributed by atoms with van der Waals surface area (Å²) in [4.78, 5) is 16.4. The van der Waals surface area contributed by atoms with Crippen LogP contribution in [0.15, 0.2) is 60.9 Å². The van der Waals surface area contributed by atoms with Crippen LogP contribution in [0.1, 0.15) is 15.9 Å². The fourth-order valence-electron chi connectivity index (χ4n) is 2.55. The van der Waals surface area contributed by atoms with Gasteiger partial charge in [0, 0.05) is 23.5 Å². The monoisotopic (exact) mass is 379 g/mol. The molecule has 0 saturated carbocycles. The van der Waals surface area contributed by atoms with Crippen molar-refractivity contribution in [3.05, 3.63) is 72.1 Å². The molecular weight excluding hydrogens is 358 g/mol. The summed E-state index contributed by atoms with van der Waals surface area (Å²) < 4.78 is 16.1. The highest BCUT2D eigenvalue weighted by atomic mass is 16.5. The molecule has 1 aromatic heterocycles. The highest BCUT2D eigenvalue weighted by Gasteiger charge is 2.11. The van der Waals surface area contributed by atoms with E-state index in [0.717, 1.165) is 5.56 Å². The number of pyridine rings is 1. The number of nitrogen functional groups attached to an aromatic ring is 1. The Balaban J connectivity index is 1.62. The molecule has 0 aliphatic carbocycles. The van der Waals surface area contributed by atoms with E-state index < -0.39 is 0 Å². The van der Waals surface area contributed by atoms with Gasteiger partial charge in [-0.25, -0.2) is 0 Å². The molecule has 0 radical (unpaired) electrons. The summed E-state index contributed by atoms with van der Waals surface area (Å²) in [6.07, 6.45) is 3.17. The lowest BCUT2D eigenvalue weighted by Gasteiger charge is -2.11. The molecule has 3 aromatic rings. The molecule has 0 bridgehead atoms. The van der Waals surface area contributed by atoms with Crippen LogP contribution in [0.2, 0.25) is 0 Å². The Bertz CT molecular complexity index is 958. The van der Waals surface area contributed by atoms with E-state index >= 15 is 0 Å². The highest BCUT2D eigenvalue weighted by Crippen LogP contribution is 2.28. The molecule has 144 valence electrons. The summed E-state index contributed by atoms with van der Waals surface area (Å²) >= 11 is 0. The van der Waals surface area contributed by atoms with Gasteiger partial charge in [0.15, 0.2) is 11.5 Å². The van der Waals surface area contributed by atoms with Crippen molar-refractivity contribution in [1.29, 1.82) is 0 Å². The number of anilines is 2. The molecule has 0 unspecified atom stereocenters. The number of hydrogen-bond acceptors (Lipinski definition) is 6. The second-order valence-corrected chi connectivity index (χ2v) is 5.92. The largest absolute Gasteiger partial charge is 0.493 e. The number of nitrogens with two attached hydrogens (primary N) is 1. The molecule has 0 spiro atoms. The van der Waals surface area contributed by atoms with Crippen LogP contribution in [0.3, 0.4) is 0 Å². The quantitative estimate of drug-likeness (QED) is 0.652. The van der Waals surface area contributed by atoms with E-state index in [-0.39, 0.29) is 5.91 Å². The van der Waals surface area contributed by atoms with Crippen LogP contribution in [0, 0.1) is 0 Å². The van der Waals surface area contributed by atoms with Crippen molar-refractivity contribution < 1.29 is 19.0 Å². The molecule has 1 heterocycles. The van der Waals surface area contributed by atoms with E-state index in [1.165, 1.54) is 7.11 Å². The smallest absolute Gasteiger partial charge is 0.255 e. The van der Waals surface area contributed by atoms with Crippen LogP contribution < -0.4 is 25.3 Å². The first kappa shape index (κ1) is 19.0. The molecule has 0 aliphatic rings. The van der Waals surface area contributed by atoms with Crippen molar-refractivity contribution in [2.24, 2.45) is 0 Å². The van der Waals surface area contributed by atoms with Gasteiger partial charge in [-0.15, -0.1) is 0 Å². The minimum atomic E-state index is -0.241. The molecule has 3 N–H and O–H groups in total. The number of rotatable bonds is 7. The van der Waals surface area contributed by atoms with Gasteiger partial charge >= 0.3 is 0 Å². The first-order valence-corrected chi connectivity index (χ1v) is 8.55. The lowest BCUT2D eigenvalue weighted by atomic mass is 10.1. The van der Waals surface area contributed by atoms with Crippen LogP contribution in [-0.2, 0) is 6.61 Å². The van der Waals surface area contributed by atoms with E-state index in [0.29, 0.717) is 40.8 Å². The fourth-order valence-corrected chi connectivity index (χ4v) is 2.55. The zero-order chi connectivity index (χ0) is 19.9. The first-order chi connectivity index (χ1) is 13.6. The lowest BCUT2D eigenvalue weighted by molar-refractivity contribution is 0.102. The van der Waals surface area contributed by atoms with Crippen molar-refractivity contribution in [2.45, 2.75) is 6.61 Å². The van der Waals surface area contributed by atoms with Gasteiger partial charge in [-0.2, -0.15) is 0 Å². The molecule has 28 heavy (non-hydrogen) atoms. The van der Waals surface area contributed by atoms with E-state index in [1.54, 1.807) is 43.8 Å². The van der Waals surface area contributed by atoms with E-state index in [1.807, 2.05) is 24.3 Å². The maximum Gasteiger partial charge on any atom is 0.255 e. The van der Waals surface area contributed by atoms with Gasteiger partial charge in [0.2, 0.25) is 0 Å². The van der Waals surface area contributed by atoms with Gasteiger partial charge in [-0.05, 0) is 35.9 Å². The molecule has 1 amide bonds. The number of benzene rings is 2. The molecule has 0 atom stereocenters. The average molecular weight is 379 g/mol. The number of nitrogens with zero attached hydrogens (tertiary/aromatic N) is 1. The number of methoxy groups -OCH3 is 2. The molecule has 2 aromatic carbocycles. The Morgan fingerprint density at radius 2 is 1.75 bits per heavy atom. The number of nitrogens with one attached hydrogen (secondary N) is 1. The summed E-state index contributed by atoms with van der Waals surface area (Å²) in [6, 6.07) is 14.1. The summed E-state index contributed by atoms with van der Waals surface area (Å²) in [6.45, 7) is 0.359. The summed E-state index contributed by atoms with van der Waals surface area (Å²) in [5.74, 6) is 1.41. The van der Waals surface area contributed by atoms with Crippen molar-refractivity contribution in [3.8, 4) is 17.2 Å². The maximum atomic E-state index is 12.5. The molecule has 0 saturated heterocycles. The summed E-state index contributed by atoms with van der Waals surface area (Å²) in [5.41, 5.74) is 8.38. The molecule has 0 aliphatic heterocycles. The Morgan fingerprint density at radius 3 is 2.43 bits per heavy atom. The third-order valence-corrected chi connectivity index (χ3v) is 4.06. The average Bonchev–Trinajstić information content (AvgIpc) is 2.73. The molecule has 3 rings (SSSR count). The van der Waals surface area contributed by atoms with Crippen molar-refractivity contribution in [3.63, 3.8) is 0 Å². The van der Waals surface area contributed by atoms with Gasteiger partial charge in [0.25, 0.3) is 5.91 Å². The topological polar surface area (TPSA) is 95.7 Å². The van der Waals surface area contributed by atoms with Crippen LogP contribution in [-0.4, -0.2) is 25.1 Å². The summed E-state index contributed by atoms with van der Waals surface area (Å²) in [5, 5.41) is 2.85. The number of amides is 1. The Morgan fingerprint density at radius 1 is 1.00 bits per heavy atom. The van der Waals surface area contributed by atoms with Crippen LogP contribution in [0.25, 0.3) is 0 Å². The maximum absolute atomic E-state index is 12.5. The van der Waals surface area contributed by atoms with E-state index in [9.17, 15) is 4.79 Å². The third-order valence-electron chi connectivity index (χ3n) is 4.06. The Hall–Kier alpha value is -3.74. The number of aromatic nitrogens is 1. The van der Waals surface area contributed by atoms with Crippen molar-refractivity contribution in [1.82, 2.24) is 4.98 Å². The van der Waals surface area contributed by atoms with Crippen LogP contribution in [0.5, 0.6) is 17.2 Å². The predicted octanol–water partition coefficient (Wildman–Crippen LogP) is 3.51. The molecule has 0 fully saturated rings. The Kier molecular flexibility index (Phi) is 5.96. The van der Waals surface area contributed by atoms with Crippen molar-refractivity contribution >= 4 is 17.3 Å². The molecule has 7 nitrogen and oxygen atoms in total. The minimum absolute atomic E-state index is 0.241. The van der Waals surface area contributed by atoms with Gasteiger partial charge in [0.05, 0.1) is 26.1 Å². The normalized spacial score (nSPS) is 10.2. The summed E-state index contributed by atoms with van der Waals surface area (Å²) in [7, 11) is 3.08. The zero-order valence-corrected chi connectivity index (χ0v) is 15.6. The van der Waals surface area contributed by atoms with Gasteiger partial charge < -0.3 is 25.3 Å². The zero-order valence-electron chi connectivity index (χ0n) is 15.6. The number of carbonyl (C=O) groups excluding carboxylic acids is 1. The van der Waals surface area contributed by atoms with Crippen LogP contribution in [0.4, 0.5) is 11.4 Å². The first-order valence-electron chi connectivity index (χ1n) is 8.55. The SMILES string of the molecule is COc1ccc(C(=O)Nc2ccc(COc3ccncc3N)cc2)cc1OC. The Labute approximate surface area is 163 Å². The second kappa shape index (κ2) is 8.77. The van der Waals surface area contributed by atoms with E-state index in [4.69, 9.17) is 19.9 Å². The van der Waals surface area contributed by atoms with Gasteiger partial charge in [-0.1, -0.05) is 12.1 Å².